The van der Waals surface area contributed by atoms with E-state index in [-0.39, 0.29) is 12.5 Å². The van der Waals surface area contributed by atoms with Crippen molar-refractivity contribution in [2.75, 3.05) is 18.9 Å². The van der Waals surface area contributed by atoms with Gasteiger partial charge in [0.2, 0.25) is 0 Å². The van der Waals surface area contributed by atoms with Gasteiger partial charge in [0.25, 0.3) is 5.91 Å². The Labute approximate surface area is 147 Å². The largest absolute Gasteiger partial charge is 0.452 e. The molecule has 1 aliphatic rings. The van der Waals surface area contributed by atoms with E-state index in [0.29, 0.717) is 23.7 Å². The minimum atomic E-state index is -0.573. The smallest absolute Gasteiger partial charge is 0.340 e. The Hall–Kier alpha value is -2.56. The molecule has 1 fully saturated rings. The van der Waals surface area contributed by atoms with Gasteiger partial charge in [-0.15, -0.1) is 0 Å². The quantitative estimate of drug-likeness (QED) is 0.646. The summed E-state index contributed by atoms with van der Waals surface area (Å²) in [6, 6.07) is 11.1. The third kappa shape index (κ3) is 4.50. The summed E-state index contributed by atoms with van der Waals surface area (Å²) in [4.78, 5) is 24.1. The molecular formula is C20H24N2O3. The zero-order valence-electron chi connectivity index (χ0n) is 14.3. The van der Waals surface area contributed by atoms with Crippen molar-refractivity contribution in [2.45, 2.75) is 32.1 Å². The maximum Gasteiger partial charge on any atom is 0.340 e. The third-order valence-corrected chi connectivity index (χ3v) is 4.78. The molecule has 25 heavy (non-hydrogen) atoms. The summed E-state index contributed by atoms with van der Waals surface area (Å²) in [6.07, 6.45) is 6.07. The number of ether oxygens (including phenoxy) is 1. The summed E-state index contributed by atoms with van der Waals surface area (Å²) in [6.45, 7) is 0.381. The third-order valence-electron chi connectivity index (χ3n) is 4.78. The summed E-state index contributed by atoms with van der Waals surface area (Å²) in [5, 5.41) is 4.72. The lowest BCUT2D eigenvalue weighted by Crippen LogP contribution is -2.33. The molecule has 2 aromatic rings. The minimum Gasteiger partial charge on any atom is -0.452 e. The van der Waals surface area contributed by atoms with E-state index in [1.165, 1.54) is 19.3 Å². The molecule has 0 bridgehead atoms. The van der Waals surface area contributed by atoms with E-state index in [1.54, 1.807) is 12.1 Å². The Kier molecular flexibility index (Phi) is 5.53. The first-order valence-corrected chi connectivity index (χ1v) is 8.85. The molecular weight excluding hydrogens is 316 g/mol. The maximum atomic E-state index is 12.2. The van der Waals surface area contributed by atoms with Gasteiger partial charge in [-0.2, -0.15) is 0 Å². The number of carbonyl (C=O) groups is 2. The highest BCUT2D eigenvalue weighted by molar-refractivity contribution is 6.01. The highest BCUT2D eigenvalue weighted by atomic mass is 16.5. The van der Waals surface area contributed by atoms with Gasteiger partial charge in [-0.05, 0) is 41.7 Å². The molecule has 1 saturated carbocycles. The Morgan fingerprint density at radius 2 is 1.76 bits per heavy atom. The predicted molar refractivity (Wildman–Crippen MR) is 98.2 cm³/mol. The molecule has 2 aromatic carbocycles. The van der Waals surface area contributed by atoms with E-state index in [4.69, 9.17) is 10.5 Å². The van der Waals surface area contributed by atoms with Crippen molar-refractivity contribution in [1.82, 2.24) is 5.32 Å². The van der Waals surface area contributed by atoms with Gasteiger partial charge in [0.1, 0.15) is 0 Å². The topological polar surface area (TPSA) is 81.4 Å². The normalized spacial score (nSPS) is 15.0. The van der Waals surface area contributed by atoms with Crippen LogP contribution in [-0.4, -0.2) is 25.0 Å². The molecule has 1 aliphatic carbocycles. The van der Waals surface area contributed by atoms with Crippen LogP contribution in [0.5, 0.6) is 0 Å². The van der Waals surface area contributed by atoms with Crippen LogP contribution in [0.25, 0.3) is 10.8 Å². The molecule has 0 heterocycles. The van der Waals surface area contributed by atoms with Gasteiger partial charge >= 0.3 is 5.97 Å². The lowest BCUT2D eigenvalue weighted by atomic mass is 9.89. The first-order chi connectivity index (χ1) is 12.1. The SMILES string of the molecule is Nc1cc2ccccc2cc1C(=O)OCC(=O)NCC1CCCCC1. The second kappa shape index (κ2) is 8.01. The Morgan fingerprint density at radius 1 is 1.08 bits per heavy atom. The summed E-state index contributed by atoms with van der Waals surface area (Å²) in [7, 11) is 0. The standard InChI is InChI=1S/C20H24N2O3/c21-18-11-16-9-5-4-8-15(16)10-17(18)20(24)25-13-19(23)22-12-14-6-2-1-3-7-14/h4-5,8-11,14H,1-3,6-7,12-13,21H2,(H,22,23). The number of fused-ring (bicyclic) bond motifs is 1. The molecule has 3 rings (SSSR count). The molecule has 1 amide bonds. The number of esters is 1. The van der Waals surface area contributed by atoms with Gasteiger partial charge in [-0.3, -0.25) is 4.79 Å². The number of amides is 1. The maximum absolute atomic E-state index is 12.2. The average molecular weight is 340 g/mol. The first-order valence-electron chi connectivity index (χ1n) is 8.85. The van der Waals surface area contributed by atoms with Crippen LogP contribution in [0, 0.1) is 5.92 Å². The van der Waals surface area contributed by atoms with E-state index in [9.17, 15) is 9.59 Å². The van der Waals surface area contributed by atoms with Crippen LogP contribution in [0.2, 0.25) is 0 Å². The van der Waals surface area contributed by atoms with Crippen molar-refractivity contribution in [1.29, 1.82) is 0 Å². The van der Waals surface area contributed by atoms with Gasteiger partial charge in [0.15, 0.2) is 6.61 Å². The van der Waals surface area contributed by atoms with Crippen molar-refractivity contribution in [2.24, 2.45) is 5.92 Å². The Morgan fingerprint density at radius 3 is 2.48 bits per heavy atom. The van der Waals surface area contributed by atoms with Crippen LogP contribution >= 0.6 is 0 Å². The van der Waals surface area contributed by atoms with Crippen molar-refractivity contribution < 1.29 is 14.3 Å². The molecule has 3 N–H and O–H groups in total. The van der Waals surface area contributed by atoms with E-state index in [0.717, 1.165) is 23.6 Å². The highest BCUT2D eigenvalue weighted by Crippen LogP contribution is 2.23. The van der Waals surface area contributed by atoms with Crippen molar-refractivity contribution in [3.8, 4) is 0 Å². The molecule has 0 radical (unpaired) electrons. The molecule has 0 spiro atoms. The summed E-state index contributed by atoms with van der Waals surface area (Å²) < 4.78 is 5.13. The molecule has 5 nitrogen and oxygen atoms in total. The fourth-order valence-electron chi connectivity index (χ4n) is 3.34. The van der Waals surface area contributed by atoms with Gasteiger partial charge in [0, 0.05) is 12.2 Å². The van der Waals surface area contributed by atoms with E-state index in [1.807, 2.05) is 24.3 Å². The molecule has 0 aromatic heterocycles. The fraction of sp³-hybridized carbons (Fsp3) is 0.400. The molecule has 5 heteroatoms. The van der Waals surface area contributed by atoms with E-state index >= 15 is 0 Å². The number of anilines is 1. The minimum absolute atomic E-state index is 0.265. The first kappa shape index (κ1) is 17.3. The number of carbonyl (C=O) groups excluding carboxylic acids is 2. The van der Waals surface area contributed by atoms with E-state index in [2.05, 4.69) is 5.32 Å². The Bertz CT molecular complexity index is 767. The number of nitrogens with two attached hydrogens (primary N) is 1. The zero-order chi connectivity index (χ0) is 17.6. The zero-order valence-corrected chi connectivity index (χ0v) is 14.3. The predicted octanol–water partition coefficient (Wildman–Crippen LogP) is 3.28. The van der Waals surface area contributed by atoms with E-state index < -0.39 is 5.97 Å². The van der Waals surface area contributed by atoms with Gasteiger partial charge in [-0.1, -0.05) is 43.5 Å². The number of nitrogen functional groups attached to an aromatic ring is 1. The van der Waals surface area contributed by atoms with Crippen LogP contribution < -0.4 is 11.1 Å². The molecule has 0 aliphatic heterocycles. The number of hydrogen-bond acceptors (Lipinski definition) is 4. The molecule has 0 unspecified atom stereocenters. The summed E-state index contributed by atoms with van der Waals surface area (Å²) >= 11 is 0. The molecule has 132 valence electrons. The molecule has 0 atom stereocenters. The van der Waals surface area contributed by atoms with Crippen molar-refractivity contribution >= 4 is 28.3 Å². The second-order valence-electron chi connectivity index (χ2n) is 6.67. The second-order valence-corrected chi connectivity index (χ2v) is 6.67. The number of hydrogen-bond donors (Lipinski definition) is 2. The summed E-state index contributed by atoms with van der Waals surface area (Å²) in [5.41, 5.74) is 6.59. The number of nitrogens with one attached hydrogen (secondary N) is 1. The number of rotatable bonds is 5. The highest BCUT2D eigenvalue weighted by Gasteiger charge is 2.16. The lowest BCUT2D eigenvalue weighted by Gasteiger charge is -2.21. The van der Waals surface area contributed by atoms with Crippen LogP contribution in [0.3, 0.4) is 0 Å². The van der Waals surface area contributed by atoms with Crippen LogP contribution in [-0.2, 0) is 9.53 Å². The monoisotopic (exact) mass is 340 g/mol. The van der Waals surface area contributed by atoms with Gasteiger partial charge in [0.05, 0.1) is 5.56 Å². The lowest BCUT2D eigenvalue weighted by molar-refractivity contribution is -0.124. The van der Waals surface area contributed by atoms with Crippen molar-refractivity contribution in [3.63, 3.8) is 0 Å². The Balaban J connectivity index is 1.53. The van der Waals surface area contributed by atoms with Gasteiger partial charge in [-0.25, -0.2) is 4.79 Å². The van der Waals surface area contributed by atoms with Gasteiger partial charge < -0.3 is 15.8 Å². The van der Waals surface area contributed by atoms with Crippen LogP contribution in [0.4, 0.5) is 5.69 Å². The molecule has 0 saturated heterocycles. The average Bonchev–Trinajstić information content (AvgIpc) is 2.64. The number of benzene rings is 2. The van der Waals surface area contributed by atoms with Crippen LogP contribution in [0.15, 0.2) is 36.4 Å². The van der Waals surface area contributed by atoms with Crippen LogP contribution in [0.1, 0.15) is 42.5 Å². The fourth-order valence-corrected chi connectivity index (χ4v) is 3.34. The van der Waals surface area contributed by atoms with Crippen molar-refractivity contribution in [3.05, 3.63) is 42.0 Å². The summed E-state index contributed by atoms with van der Waals surface area (Å²) in [5.74, 6) is -0.293.